The van der Waals surface area contributed by atoms with Gasteiger partial charge in [-0.15, -0.1) is 11.3 Å². The normalized spacial score (nSPS) is 18.7. The Morgan fingerprint density at radius 1 is 1.31 bits per heavy atom. The molecule has 1 aliphatic heterocycles. The minimum atomic E-state index is -0.0231. The van der Waals surface area contributed by atoms with E-state index in [4.69, 9.17) is 0 Å². The molecule has 6 heteroatoms. The number of fused-ring (bicyclic) bond motifs is 1. The number of nitrogens with one attached hydrogen (secondary N) is 1. The van der Waals surface area contributed by atoms with Crippen molar-refractivity contribution in [2.75, 3.05) is 13.1 Å². The van der Waals surface area contributed by atoms with Crippen LogP contribution in [-0.2, 0) is 6.54 Å². The maximum atomic E-state index is 12.8. The van der Waals surface area contributed by atoms with E-state index in [1.807, 2.05) is 35.7 Å². The number of hydrogen-bond acceptors (Lipinski definition) is 4. The molecule has 5 nitrogen and oxygen atoms in total. The van der Waals surface area contributed by atoms with Gasteiger partial charge >= 0.3 is 0 Å². The number of rotatable bonds is 4. The van der Waals surface area contributed by atoms with Crippen LogP contribution in [0.1, 0.15) is 39.4 Å². The zero-order valence-corrected chi connectivity index (χ0v) is 15.8. The molecule has 3 aromatic heterocycles. The Bertz CT molecular complexity index is 900. The first kappa shape index (κ1) is 17.2. The zero-order valence-electron chi connectivity index (χ0n) is 15.0. The van der Waals surface area contributed by atoms with Crippen LogP contribution < -0.4 is 5.32 Å². The van der Waals surface area contributed by atoms with Crippen LogP contribution in [-0.4, -0.2) is 39.6 Å². The second-order valence-corrected chi connectivity index (χ2v) is 8.37. The van der Waals surface area contributed by atoms with Gasteiger partial charge in [-0.25, -0.2) is 4.52 Å². The summed E-state index contributed by atoms with van der Waals surface area (Å²) in [6.45, 7) is 5.12. The quantitative estimate of drug-likeness (QED) is 0.767. The van der Waals surface area contributed by atoms with Crippen molar-refractivity contribution >= 4 is 22.8 Å². The Labute approximate surface area is 157 Å². The average Bonchev–Trinajstić information content (AvgIpc) is 3.17. The molecule has 1 amide bonds. The summed E-state index contributed by atoms with van der Waals surface area (Å²) in [7, 11) is 0. The molecule has 4 rings (SSSR count). The summed E-state index contributed by atoms with van der Waals surface area (Å²) >= 11 is 1.86. The molecule has 1 fully saturated rings. The molecule has 0 bridgehead atoms. The fourth-order valence-electron chi connectivity index (χ4n) is 3.64. The first-order valence-electron chi connectivity index (χ1n) is 9.20. The molecule has 4 heterocycles. The molecule has 0 saturated carbocycles. The van der Waals surface area contributed by atoms with Crippen molar-refractivity contribution < 1.29 is 4.79 Å². The second-order valence-electron chi connectivity index (χ2n) is 7.00. The van der Waals surface area contributed by atoms with Crippen LogP contribution in [0.15, 0.2) is 42.7 Å². The van der Waals surface area contributed by atoms with Crippen LogP contribution in [0.2, 0.25) is 0 Å². The lowest BCUT2D eigenvalue weighted by Crippen LogP contribution is -2.42. The number of carbonyl (C=O) groups excluding carboxylic acids is 1. The van der Waals surface area contributed by atoms with E-state index in [1.165, 1.54) is 16.2 Å². The molecule has 1 unspecified atom stereocenters. The maximum Gasteiger partial charge on any atom is 0.255 e. The van der Waals surface area contributed by atoms with Crippen molar-refractivity contribution in [3.8, 4) is 0 Å². The van der Waals surface area contributed by atoms with Gasteiger partial charge in [0, 0.05) is 35.1 Å². The Balaban J connectivity index is 1.43. The van der Waals surface area contributed by atoms with E-state index < -0.39 is 0 Å². The molecule has 0 radical (unpaired) electrons. The lowest BCUT2D eigenvalue weighted by molar-refractivity contribution is 0.0927. The largest absolute Gasteiger partial charge is 0.348 e. The van der Waals surface area contributed by atoms with Crippen LogP contribution in [0.4, 0.5) is 0 Å². The van der Waals surface area contributed by atoms with Gasteiger partial charge in [0.05, 0.1) is 17.3 Å². The van der Waals surface area contributed by atoms with Gasteiger partial charge in [-0.3, -0.25) is 9.69 Å². The van der Waals surface area contributed by atoms with Crippen molar-refractivity contribution in [3.05, 3.63) is 58.0 Å². The van der Waals surface area contributed by atoms with Crippen LogP contribution in [0.5, 0.6) is 0 Å². The highest BCUT2D eigenvalue weighted by atomic mass is 32.1. The summed E-state index contributed by atoms with van der Waals surface area (Å²) in [6.07, 6.45) is 6.90. The summed E-state index contributed by atoms with van der Waals surface area (Å²) in [6, 6.07) is 10.4. The molecule has 0 aromatic carbocycles. The van der Waals surface area contributed by atoms with E-state index in [-0.39, 0.29) is 11.9 Å². The monoisotopic (exact) mass is 368 g/mol. The molecule has 3 aromatic rings. The van der Waals surface area contributed by atoms with Crippen molar-refractivity contribution in [3.63, 3.8) is 0 Å². The summed E-state index contributed by atoms with van der Waals surface area (Å²) in [5, 5.41) is 7.52. The summed E-state index contributed by atoms with van der Waals surface area (Å²) in [5.74, 6) is -0.0231. The van der Waals surface area contributed by atoms with E-state index in [9.17, 15) is 4.79 Å². The van der Waals surface area contributed by atoms with Crippen LogP contribution >= 0.6 is 11.3 Å². The lowest BCUT2D eigenvalue weighted by Gasteiger charge is -2.24. The highest BCUT2D eigenvalue weighted by Gasteiger charge is 2.22. The van der Waals surface area contributed by atoms with E-state index >= 15 is 0 Å². The number of aromatic nitrogens is 2. The van der Waals surface area contributed by atoms with Crippen LogP contribution in [0.25, 0.3) is 5.52 Å². The lowest BCUT2D eigenvalue weighted by atomic mass is 10.1. The molecule has 26 heavy (non-hydrogen) atoms. The number of aryl methyl sites for hydroxylation is 1. The highest BCUT2D eigenvalue weighted by molar-refractivity contribution is 7.11. The van der Waals surface area contributed by atoms with Gasteiger partial charge in [0.15, 0.2) is 0 Å². The Kier molecular flexibility index (Phi) is 5.04. The predicted molar refractivity (Wildman–Crippen MR) is 105 cm³/mol. The molecule has 0 aliphatic carbocycles. The molecular weight excluding hydrogens is 344 g/mol. The first-order valence-corrected chi connectivity index (χ1v) is 10.0. The summed E-state index contributed by atoms with van der Waals surface area (Å²) in [5.41, 5.74) is 1.50. The minimum absolute atomic E-state index is 0.0231. The molecule has 1 saturated heterocycles. The number of likely N-dealkylation sites (tertiary alicyclic amines) is 1. The fraction of sp³-hybridized carbons (Fsp3) is 0.400. The van der Waals surface area contributed by atoms with Crippen molar-refractivity contribution in [1.82, 2.24) is 19.8 Å². The van der Waals surface area contributed by atoms with Crippen molar-refractivity contribution in [2.45, 2.75) is 38.8 Å². The van der Waals surface area contributed by atoms with Crippen LogP contribution in [0.3, 0.4) is 0 Å². The number of thiophene rings is 1. The highest BCUT2D eigenvalue weighted by Crippen LogP contribution is 2.20. The fourth-order valence-corrected chi connectivity index (χ4v) is 4.58. The van der Waals surface area contributed by atoms with Crippen molar-refractivity contribution in [1.29, 1.82) is 0 Å². The van der Waals surface area contributed by atoms with Gasteiger partial charge < -0.3 is 5.32 Å². The molecule has 0 spiro atoms. The third-order valence-electron chi connectivity index (χ3n) is 4.94. The molecule has 136 valence electrons. The molecule has 1 aliphatic rings. The molecule has 1 N–H and O–H groups in total. The van der Waals surface area contributed by atoms with Gasteiger partial charge in [-0.1, -0.05) is 12.5 Å². The van der Waals surface area contributed by atoms with E-state index in [2.05, 4.69) is 34.4 Å². The minimum Gasteiger partial charge on any atom is -0.348 e. The third kappa shape index (κ3) is 3.81. The topological polar surface area (TPSA) is 49.6 Å². The third-order valence-corrected chi connectivity index (χ3v) is 5.92. The number of pyridine rings is 1. The number of nitrogens with zero attached hydrogens (tertiary/aromatic N) is 3. The smallest absolute Gasteiger partial charge is 0.255 e. The zero-order chi connectivity index (χ0) is 17.9. The standard InChI is InChI=1S/C20H24N4OS/c1-15-8-9-17(26-15)14-23-10-4-2-6-16(13-23)22-20(25)18-12-21-24-11-5-3-7-19(18)24/h3,5,7-9,11-12,16H,2,4,6,10,13-14H2,1H3,(H,22,25). The van der Waals surface area contributed by atoms with Gasteiger partial charge in [0.2, 0.25) is 0 Å². The second kappa shape index (κ2) is 7.60. The summed E-state index contributed by atoms with van der Waals surface area (Å²) < 4.78 is 1.74. The van der Waals surface area contributed by atoms with Gasteiger partial charge in [-0.05, 0) is 50.6 Å². The number of hydrogen-bond donors (Lipinski definition) is 1. The van der Waals surface area contributed by atoms with Gasteiger partial charge in [0.25, 0.3) is 5.91 Å². The molecular formula is C20H24N4OS. The Morgan fingerprint density at radius 3 is 3.08 bits per heavy atom. The Morgan fingerprint density at radius 2 is 2.23 bits per heavy atom. The molecule has 1 atom stereocenters. The van der Waals surface area contributed by atoms with Crippen molar-refractivity contribution in [2.24, 2.45) is 0 Å². The van der Waals surface area contributed by atoms with Gasteiger partial charge in [0.1, 0.15) is 0 Å². The van der Waals surface area contributed by atoms with E-state index in [1.54, 1.807) is 10.7 Å². The van der Waals surface area contributed by atoms with Crippen LogP contribution in [0, 0.1) is 6.92 Å². The first-order chi connectivity index (χ1) is 12.7. The van der Waals surface area contributed by atoms with Gasteiger partial charge in [-0.2, -0.15) is 5.10 Å². The number of amides is 1. The van der Waals surface area contributed by atoms with E-state index in [0.717, 1.165) is 38.0 Å². The average molecular weight is 369 g/mol. The predicted octanol–water partition coefficient (Wildman–Crippen LogP) is 3.49. The Hall–Kier alpha value is -2.18. The number of carbonyl (C=O) groups is 1. The summed E-state index contributed by atoms with van der Waals surface area (Å²) in [4.78, 5) is 18.0. The van der Waals surface area contributed by atoms with E-state index in [0.29, 0.717) is 5.56 Å². The maximum absolute atomic E-state index is 12.8. The SMILES string of the molecule is Cc1ccc(CN2CCCCC(NC(=O)c3cnn4ccccc34)C2)s1.